The summed E-state index contributed by atoms with van der Waals surface area (Å²) >= 11 is 0. The third-order valence-corrected chi connectivity index (χ3v) is 5.96. The van der Waals surface area contributed by atoms with Crippen molar-refractivity contribution in [3.8, 4) is 17.3 Å². The zero-order valence-electron chi connectivity index (χ0n) is 19.3. The fourth-order valence-corrected chi connectivity index (χ4v) is 4.23. The zero-order chi connectivity index (χ0) is 23.5. The number of nitrogens with zero attached hydrogens (tertiary/aromatic N) is 6. The molecule has 5 rings (SSSR count). The Balaban J connectivity index is 1.43. The molecule has 1 aliphatic heterocycles. The Morgan fingerprint density at radius 1 is 0.971 bits per heavy atom. The number of piperidine rings is 1. The summed E-state index contributed by atoms with van der Waals surface area (Å²) in [6.07, 6.45) is 6.00. The third kappa shape index (κ3) is 4.66. The van der Waals surface area contributed by atoms with Crippen molar-refractivity contribution < 1.29 is 9.53 Å². The van der Waals surface area contributed by atoms with E-state index in [2.05, 4.69) is 10.2 Å². The van der Waals surface area contributed by atoms with E-state index >= 15 is 0 Å². The van der Waals surface area contributed by atoms with Gasteiger partial charge in [0.25, 0.3) is 5.91 Å². The summed E-state index contributed by atoms with van der Waals surface area (Å²) in [5, 5.41) is 7.71. The van der Waals surface area contributed by atoms with Crippen LogP contribution in [0.2, 0.25) is 0 Å². The van der Waals surface area contributed by atoms with E-state index < -0.39 is 0 Å². The molecule has 1 atom stereocenters. The van der Waals surface area contributed by atoms with Crippen LogP contribution in [0.1, 0.15) is 52.7 Å². The molecule has 2 aromatic heterocycles. The molecule has 1 fully saturated rings. The number of aromatic nitrogens is 5. The first-order valence-corrected chi connectivity index (χ1v) is 11.4. The van der Waals surface area contributed by atoms with Crippen LogP contribution in [0.25, 0.3) is 5.69 Å². The Morgan fingerprint density at radius 2 is 1.76 bits per heavy atom. The van der Waals surface area contributed by atoms with Crippen LogP contribution < -0.4 is 4.74 Å². The second-order valence-corrected chi connectivity index (χ2v) is 8.55. The van der Waals surface area contributed by atoms with Gasteiger partial charge < -0.3 is 9.64 Å². The van der Waals surface area contributed by atoms with Gasteiger partial charge >= 0.3 is 0 Å². The van der Waals surface area contributed by atoms with Crippen LogP contribution in [0.5, 0.6) is 11.6 Å². The number of benzene rings is 2. The Bertz CT molecular complexity index is 1290. The highest BCUT2D eigenvalue weighted by atomic mass is 16.5. The zero-order valence-corrected chi connectivity index (χ0v) is 19.3. The van der Waals surface area contributed by atoms with E-state index in [9.17, 15) is 4.79 Å². The molecule has 8 nitrogen and oxygen atoms in total. The molecular weight excluding hydrogens is 428 g/mol. The van der Waals surface area contributed by atoms with E-state index in [0.717, 1.165) is 42.0 Å². The number of ether oxygens (including phenoxy) is 1. The first-order valence-electron chi connectivity index (χ1n) is 11.4. The number of aryl methyl sites for hydroxylation is 2. The van der Waals surface area contributed by atoms with Gasteiger partial charge in [0.05, 0.1) is 6.04 Å². The van der Waals surface area contributed by atoms with E-state index in [0.29, 0.717) is 23.8 Å². The van der Waals surface area contributed by atoms with Crippen LogP contribution in [0, 0.1) is 13.8 Å². The smallest absolute Gasteiger partial charge is 0.254 e. The van der Waals surface area contributed by atoms with Crippen molar-refractivity contribution in [2.45, 2.75) is 39.2 Å². The van der Waals surface area contributed by atoms with Crippen LogP contribution in [-0.4, -0.2) is 42.1 Å². The highest BCUT2D eigenvalue weighted by Crippen LogP contribution is 2.32. The van der Waals surface area contributed by atoms with Gasteiger partial charge in [0.1, 0.15) is 18.4 Å². The fourth-order valence-electron chi connectivity index (χ4n) is 4.23. The summed E-state index contributed by atoms with van der Waals surface area (Å²) < 4.78 is 7.79. The van der Waals surface area contributed by atoms with E-state index in [4.69, 9.17) is 14.7 Å². The largest absolute Gasteiger partial charge is 0.439 e. The van der Waals surface area contributed by atoms with Gasteiger partial charge in [-0.2, -0.15) is 4.98 Å². The maximum absolute atomic E-state index is 13.6. The first kappa shape index (κ1) is 21.8. The summed E-state index contributed by atoms with van der Waals surface area (Å²) in [4.78, 5) is 24.9. The molecule has 0 bridgehead atoms. The molecule has 2 aromatic carbocycles. The minimum Gasteiger partial charge on any atom is -0.439 e. The lowest BCUT2D eigenvalue weighted by atomic mass is 9.99. The van der Waals surface area contributed by atoms with Crippen molar-refractivity contribution in [2.24, 2.45) is 0 Å². The van der Waals surface area contributed by atoms with Crippen molar-refractivity contribution >= 4 is 5.91 Å². The van der Waals surface area contributed by atoms with Crippen molar-refractivity contribution in [3.63, 3.8) is 0 Å². The van der Waals surface area contributed by atoms with Gasteiger partial charge in [-0.05, 0) is 63.4 Å². The van der Waals surface area contributed by atoms with Crippen molar-refractivity contribution in [1.82, 2.24) is 29.6 Å². The SMILES string of the molecule is Cc1ccc(Oc2cc(C)nc([C@H]3CCCCN3C(=O)c3cccc(-n4cnnc4)c3)n2)cc1. The van der Waals surface area contributed by atoms with Crippen LogP contribution in [0.15, 0.2) is 67.3 Å². The second kappa shape index (κ2) is 9.43. The normalized spacial score (nSPS) is 15.8. The molecule has 8 heteroatoms. The monoisotopic (exact) mass is 454 g/mol. The van der Waals surface area contributed by atoms with Crippen molar-refractivity contribution in [2.75, 3.05) is 6.54 Å². The molecule has 1 amide bonds. The number of likely N-dealkylation sites (tertiary alicyclic amines) is 1. The topological polar surface area (TPSA) is 86.0 Å². The molecule has 0 radical (unpaired) electrons. The minimum atomic E-state index is -0.208. The number of hydrogen-bond acceptors (Lipinski definition) is 6. The summed E-state index contributed by atoms with van der Waals surface area (Å²) in [5.41, 5.74) is 3.42. The Hall–Kier alpha value is -4.07. The molecule has 0 saturated carbocycles. The molecule has 0 spiro atoms. The van der Waals surface area contributed by atoms with E-state index in [1.54, 1.807) is 17.2 Å². The van der Waals surface area contributed by atoms with Crippen LogP contribution >= 0.6 is 0 Å². The molecule has 4 aromatic rings. The van der Waals surface area contributed by atoms with Gasteiger partial charge in [-0.1, -0.05) is 23.8 Å². The number of amides is 1. The quantitative estimate of drug-likeness (QED) is 0.429. The van der Waals surface area contributed by atoms with Gasteiger partial charge in [0.15, 0.2) is 5.82 Å². The Morgan fingerprint density at radius 3 is 2.56 bits per heavy atom. The lowest BCUT2D eigenvalue weighted by Crippen LogP contribution is -2.39. The highest BCUT2D eigenvalue weighted by molar-refractivity contribution is 5.95. The molecular formula is C26H26N6O2. The molecule has 3 heterocycles. The Labute approximate surface area is 198 Å². The highest BCUT2D eigenvalue weighted by Gasteiger charge is 2.31. The first-order chi connectivity index (χ1) is 16.6. The fraction of sp³-hybridized carbons (Fsp3) is 0.269. The number of carbonyl (C=O) groups excluding carboxylic acids is 1. The van der Waals surface area contributed by atoms with Gasteiger partial charge in [-0.3, -0.25) is 9.36 Å². The molecule has 34 heavy (non-hydrogen) atoms. The number of carbonyl (C=O) groups is 1. The summed E-state index contributed by atoms with van der Waals surface area (Å²) in [7, 11) is 0. The predicted molar refractivity (Wildman–Crippen MR) is 127 cm³/mol. The lowest BCUT2D eigenvalue weighted by molar-refractivity contribution is 0.0598. The van der Waals surface area contributed by atoms with E-state index in [-0.39, 0.29) is 11.9 Å². The minimum absolute atomic E-state index is 0.0364. The number of rotatable bonds is 5. The average molecular weight is 455 g/mol. The standard InChI is InChI=1S/C26H26N6O2/c1-18-9-11-22(12-10-18)34-24-14-19(2)29-25(30-24)23-8-3-4-13-32(23)26(33)20-6-5-7-21(15-20)31-16-27-28-17-31/h5-7,9-12,14-17,23H,3-4,8,13H2,1-2H3/t23-/m1/s1. The van der Waals surface area contributed by atoms with E-state index in [1.165, 1.54) is 0 Å². The van der Waals surface area contributed by atoms with Crippen molar-refractivity contribution in [1.29, 1.82) is 0 Å². The molecule has 0 N–H and O–H groups in total. The molecule has 1 saturated heterocycles. The van der Waals surface area contributed by atoms with E-state index in [1.807, 2.05) is 73.3 Å². The van der Waals surface area contributed by atoms with Crippen LogP contribution in [0.3, 0.4) is 0 Å². The van der Waals surface area contributed by atoms with Crippen LogP contribution in [0.4, 0.5) is 0 Å². The van der Waals surface area contributed by atoms with Gasteiger partial charge in [0, 0.05) is 29.6 Å². The maximum Gasteiger partial charge on any atom is 0.254 e. The second-order valence-electron chi connectivity index (χ2n) is 8.55. The van der Waals surface area contributed by atoms with Gasteiger partial charge in [-0.25, -0.2) is 4.98 Å². The van der Waals surface area contributed by atoms with Crippen LogP contribution in [-0.2, 0) is 0 Å². The molecule has 0 aliphatic carbocycles. The molecule has 0 unspecified atom stereocenters. The molecule has 172 valence electrons. The number of hydrogen-bond donors (Lipinski definition) is 0. The summed E-state index contributed by atoms with van der Waals surface area (Å²) in [6, 6.07) is 17.0. The lowest BCUT2D eigenvalue weighted by Gasteiger charge is -2.35. The predicted octanol–water partition coefficient (Wildman–Crippen LogP) is 4.83. The summed E-state index contributed by atoms with van der Waals surface area (Å²) in [5.74, 6) is 1.78. The summed E-state index contributed by atoms with van der Waals surface area (Å²) in [6.45, 7) is 4.62. The van der Waals surface area contributed by atoms with Gasteiger partial charge in [0.2, 0.25) is 5.88 Å². The molecule has 1 aliphatic rings. The Kier molecular flexibility index (Phi) is 6.03. The van der Waals surface area contributed by atoms with Crippen molar-refractivity contribution in [3.05, 3.63) is 89.9 Å². The average Bonchev–Trinajstić information content (AvgIpc) is 3.40. The third-order valence-electron chi connectivity index (χ3n) is 5.96. The van der Waals surface area contributed by atoms with Gasteiger partial charge in [-0.15, -0.1) is 10.2 Å². The maximum atomic E-state index is 13.6.